The van der Waals surface area contributed by atoms with Crippen LogP contribution in [0.25, 0.3) is 0 Å². The number of nitrogens with zero attached hydrogens (tertiary/aromatic N) is 3. The molecule has 3 rings (SSSR count). The van der Waals surface area contributed by atoms with Crippen molar-refractivity contribution in [3.63, 3.8) is 0 Å². The third-order valence-corrected chi connectivity index (χ3v) is 8.11. The number of carbonyl (C=O) groups is 1. The van der Waals surface area contributed by atoms with Crippen molar-refractivity contribution in [2.45, 2.75) is 57.4 Å². The molecule has 0 bridgehead atoms. The van der Waals surface area contributed by atoms with Crippen molar-refractivity contribution in [3.8, 4) is 0 Å². The highest BCUT2D eigenvalue weighted by Crippen LogP contribution is 2.21. The Morgan fingerprint density at radius 3 is 2.07 bits per heavy atom. The number of aryl methyl sites for hydroxylation is 2. The summed E-state index contributed by atoms with van der Waals surface area (Å²) in [5.41, 5.74) is 2.07. The van der Waals surface area contributed by atoms with E-state index in [-0.39, 0.29) is 11.9 Å². The zero-order chi connectivity index (χ0) is 20.3. The summed E-state index contributed by atoms with van der Waals surface area (Å²) in [5.74, 6) is 0.187. The first-order valence-electron chi connectivity index (χ1n) is 10.4. The fourth-order valence-electron chi connectivity index (χ4n) is 4.07. The number of hydrogen-bond acceptors (Lipinski definition) is 4. The molecular weight excluding hydrogens is 374 g/mol. The maximum atomic E-state index is 13.0. The van der Waals surface area contributed by atoms with E-state index in [2.05, 4.69) is 4.90 Å². The average Bonchev–Trinajstić information content (AvgIpc) is 2.98. The molecule has 0 N–H and O–H groups in total. The van der Waals surface area contributed by atoms with Gasteiger partial charge in [-0.05, 0) is 56.9 Å². The van der Waals surface area contributed by atoms with E-state index in [0.29, 0.717) is 31.1 Å². The molecule has 2 heterocycles. The lowest BCUT2D eigenvalue weighted by Gasteiger charge is -2.38. The molecule has 0 saturated carbocycles. The van der Waals surface area contributed by atoms with Crippen molar-refractivity contribution in [2.24, 2.45) is 0 Å². The third kappa shape index (κ3) is 4.58. The first kappa shape index (κ1) is 21.3. The number of rotatable bonds is 4. The standard InChI is InChI=1S/C21H33N3O3S/c1-17-8-9-20(16-18(17)2)28(26,27)24-14-12-22(13-15-24)19(3)21(25)23-10-6-4-5-7-11-23/h8-9,16,19H,4-7,10-15H2,1-3H3/t19-/m1/s1. The van der Waals surface area contributed by atoms with Gasteiger partial charge in [0.25, 0.3) is 0 Å². The number of amides is 1. The largest absolute Gasteiger partial charge is 0.341 e. The van der Waals surface area contributed by atoms with E-state index in [0.717, 1.165) is 37.1 Å². The minimum atomic E-state index is -3.48. The zero-order valence-electron chi connectivity index (χ0n) is 17.4. The molecule has 0 aromatic heterocycles. The summed E-state index contributed by atoms with van der Waals surface area (Å²) in [6.07, 6.45) is 4.57. The van der Waals surface area contributed by atoms with Crippen LogP contribution in [0.15, 0.2) is 23.1 Å². The Bertz CT molecular complexity index is 793. The van der Waals surface area contributed by atoms with E-state index in [1.807, 2.05) is 31.7 Å². The van der Waals surface area contributed by atoms with Gasteiger partial charge in [-0.3, -0.25) is 9.69 Å². The summed E-state index contributed by atoms with van der Waals surface area (Å²) in [4.78, 5) is 17.4. The van der Waals surface area contributed by atoms with E-state index in [4.69, 9.17) is 0 Å². The first-order valence-corrected chi connectivity index (χ1v) is 11.8. The van der Waals surface area contributed by atoms with Gasteiger partial charge in [0, 0.05) is 39.3 Å². The molecule has 0 radical (unpaired) electrons. The molecule has 0 unspecified atom stereocenters. The predicted octanol–water partition coefficient (Wildman–Crippen LogP) is 2.40. The average molecular weight is 408 g/mol. The van der Waals surface area contributed by atoms with Crippen LogP contribution in [0.5, 0.6) is 0 Å². The molecule has 1 atom stereocenters. The van der Waals surface area contributed by atoms with Gasteiger partial charge in [-0.2, -0.15) is 4.31 Å². The Labute approximate surface area is 169 Å². The lowest BCUT2D eigenvalue weighted by atomic mass is 10.1. The monoisotopic (exact) mass is 407 g/mol. The normalized spacial score (nSPS) is 21.3. The number of hydrogen-bond donors (Lipinski definition) is 0. The molecule has 1 aromatic rings. The van der Waals surface area contributed by atoms with Gasteiger partial charge in [-0.15, -0.1) is 0 Å². The first-order chi connectivity index (χ1) is 13.3. The molecular formula is C21H33N3O3S. The van der Waals surface area contributed by atoms with E-state index in [1.54, 1.807) is 16.4 Å². The van der Waals surface area contributed by atoms with Gasteiger partial charge in [-0.25, -0.2) is 8.42 Å². The van der Waals surface area contributed by atoms with Crippen molar-refractivity contribution in [3.05, 3.63) is 29.3 Å². The summed E-state index contributed by atoms with van der Waals surface area (Å²) in [6.45, 7) is 9.60. The van der Waals surface area contributed by atoms with E-state index in [9.17, 15) is 13.2 Å². The predicted molar refractivity (Wildman–Crippen MR) is 111 cm³/mol. The van der Waals surface area contributed by atoms with Crippen molar-refractivity contribution in [2.75, 3.05) is 39.3 Å². The van der Waals surface area contributed by atoms with Gasteiger partial charge < -0.3 is 4.90 Å². The van der Waals surface area contributed by atoms with Gasteiger partial charge in [0.1, 0.15) is 0 Å². The van der Waals surface area contributed by atoms with Crippen LogP contribution in [-0.2, 0) is 14.8 Å². The quantitative estimate of drug-likeness (QED) is 0.769. The Morgan fingerprint density at radius 2 is 1.50 bits per heavy atom. The van der Waals surface area contributed by atoms with Crippen LogP contribution in [0.1, 0.15) is 43.7 Å². The Balaban J connectivity index is 1.61. The molecule has 7 heteroatoms. The van der Waals surface area contributed by atoms with Crippen molar-refractivity contribution in [1.29, 1.82) is 0 Å². The van der Waals surface area contributed by atoms with Crippen molar-refractivity contribution >= 4 is 15.9 Å². The third-order valence-electron chi connectivity index (χ3n) is 6.21. The second-order valence-corrected chi connectivity index (χ2v) is 10.0. The molecule has 1 aromatic carbocycles. The fraction of sp³-hybridized carbons (Fsp3) is 0.667. The SMILES string of the molecule is Cc1ccc(S(=O)(=O)N2CCN([C@H](C)C(=O)N3CCCCCC3)CC2)cc1C. The second kappa shape index (κ2) is 8.93. The van der Waals surface area contributed by atoms with Gasteiger partial charge in [-0.1, -0.05) is 18.9 Å². The van der Waals surface area contributed by atoms with Gasteiger partial charge in [0.05, 0.1) is 10.9 Å². The molecule has 0 aliphatic carbocycles. The van der Waals surface area contributed by atoms with Crippen molar-refractivity contribution < 1.29 is 13.2 Å². The summed E-state index contributed by atoms with van der Waals surface area (Å²) in [6, 6.07) is 5.11. The Hall–Kier alpha value is -1.44. The van der Waals surface area contributed by atoms with Crippen molar-refractivity contribution in [1.82, 2.24) is 14.1 Å². The van der Waals surface area contributed by atoms with Gasteiger partial charge in [0.15, 0.2) is 0 Å². The molecule has 156 valence electrons. The highest BCUT2D eigenvalue weighted by Gasteiger charge is 2.33. The molecule has 2 aliphatic rings. The zero-order valence-corrected chi connectivity index (χ0v) is 18.2. The lowest BCUT2D eigenvalue weighted by Crippen LogP contribution is -2.55. The fourth-order valence-corrected chi connectivity index (χ4v) is 5.57. The molecule has 28 heavy (non-hydrogen) atoms. The Morgan fingerprint density at radius 1 is 0.893 bits per heavy atom. The molecule has 2 saturated heterocycles. The smallest absolute Gasteiger partial charge is 0.243 e. The summed E-state index contributed by atoms with van der Waals surface area (Å²) < 4.78 is 27.5. The van der Waals surface area contributed by atoms with Crippen LogP contribution >= 0.6 is 0 Å². The van der Waals surface area contributed by atoms with Crippen LogP contribution in [0.2, 0.25) is 0 Å². The number of carbonyl (C=O) groups excluding carboxylic acids is 1. The van der Waals surface area contributed by atoms with E-state index < -0.39 is 10.0 Å². The van der Waals surface area contributed by atoms with E-state index >= 15 is 0 Å². The molecule has 2 fully saturated rings. The lowest BCUT2D eigenvalue weighted by molar-refractivity contribution is -0.136. The minimum Gasteiger partial charge on any atom is -0.341 e. The number of benzene rings is 1. The summed E-state index contributed by atoms with van der Waals surface area (Å²) in [5, 5.41) is 0. The minimum absolute atomic E-state index is 0.187. The van der Waals surface area contributed by atoms with E-state index in [1.165, 1.54) is 12.8 Å². The topological polar surface area (TPSA) is 60.9 Å². The maximum absolute atomic E-state index is 13.0. The second-order valence-electron chi connectivity index (χ2n) is 8.10. The molecule has 0 spiro atoms. The van der Waals surface area contributed by atoms with Crippen LogP contribution in [-0.4, -0.2) is 73.7 Å². The Kier molecular flexibility index (Phi) is 6.78. The molecule has 6 nitrogen and oxygen atoms in total. The number of likely N-dealkylation sites (tertiary alicyclic amines) is 1. The molecule has 1 amide bonds. The highest BCUT2D eigenvalue weighted by atomic mass is 32.2. The maximum Gasteiger partial charge on any atom is 0.243 e. The molecule has 2 aliphatic heterocycles. The van der Waals surface area contributed by atoms with Gasteiger partial charge in [0.2, 0.25) is 15.9 Å². The van der Waals surface area contributed by atoms with Crippen LogP contribution in [0, 0.1) is 13.8 Å². The summed E-state index contributed by atoms with van der Waals surface area (Å²) >= 11 is 0. The van der Waals surface area contributed by atoms with Crippen LogP contribution < -0.4 is 0 Å². The number of piperazine rings is 1. The summed E-state index contributed by atoms with van der Waals surface area (Å²) in [7, 11) is -3.48. The highest BCUT2D eigenvalue weighted by molar-refractivity contribution is 7.89. The number of sulfonamides is 1. The van der Waals surface area contributed by atoms with Gasteiger partial charge >= 0.3 is 0 Å². The van der Waals surface area contributed by atoms with Crippen LogP contribution in [0.3, 0.4) is 0 Å². The van der Waals surface area contributed by atoms with Crippen LogP contribution in [0.4, 0.5) is 0 Å².